The predicted molar refractivity (Wildman–Crippen MR) is 94.9 cm³/mol. The number of aliphatic hydroxyl groups is 1. The molecule has 4 unspecified atom stereocenters. The number of aliphatic carboxylic acids is 2. The summed E-state index contributed by atoms with van der Waals surface area (Å²) in [5.74, 6) is -5.38. The molecular weight excluding hydrogens is 384 g/mol. The van der Waals surface area contributed by atoms with E-state index in [4.69, 9.17) is 15.9 Å². The fraction of sp³-hybridized carbons (Fsp3) is 0.643. The van der Waals surface area contributed by atoms with Crippen molar-refractivity contribution in [2.75, 3.05) is 12.3 Å². The predicted octanol–water partition coefficient (Wildman–Crippen LogP) is -3.34. The van der Waals surface area contributed by atoms with Crippen LogP contribution < -0.4 is 21.7 Å². The number of nitrogens with two attached hydrogens (primary N) is 1. The summed E-state index contributed by atoms with van der Waals surface area (Å²) < 4.78 is 0. The Hall–Kier alpha value is -2.38. The highest BCUT2D eigenvalue weighted by molar-refractivity contribution is 7.80. The van der Waals surface area contributed by atoms with Crippen molar-refractivity contribution < 1.29 is 39.3 Å². The number of carboxylic acids is 2. The highest BCUT2D eigenvalue weighted by Gasteiger charge is 2.30. The molecule has 0 aliphatic heterocycles. The Morgan fingerprint density at radius 2 is 1.56 bits per heavy atom. The van der Waals surface area contributed by atoms with Gasteiger partial charge in [-0.1, -0.05) is 0 Å². The Morgan fingerprint density at radius 3 is 1.96 bits per heavy atom. The summed E-state index contributed by atoms with van der Waals surface area (Å²) in [5, 5.41) is 33.6. The summed E-state index contributed by atoms with van der Waals surface area (Å²) in [4.78, 5) is 57.6. The molecule has 27 heavy (non-hydrogen) atoms. The van der Waals surface area contributed by atoms with Crippen LogP contribution in [0.5, 0.6) is 0 Å². The van der Waals surface area contributed by atoms with E-state index < -0.39 is 66.9 Å². The van der Waals surface area contributed by atoms with Crippen LogP contribution in [0.1, 0.15) is 19.8 Å². The molecule has 0 aromatic rings. The Morgan fingerprint density at radius 1 is 1.00 bits per heavy atom. The van der Waals surface area contributed by atoms with Gasteiger partial charge in [0.1, 0.15) is 12.1 Å². The minimum atomic E-state index is -1.60. The van der Waals surface area contributed by atoms with Crippen molar-refractivity contribution in [3.8, 4) is 0 Å². The van der Waals surface area contributed by atoms with Gasteiger partial charge < -0.3 is 37.0 Å². The minimum Gasteiger partial charge on any atom is -0.481 e. The van der Waals surface area contributed by atoms with E-state index in [1.165, 1.54) is 0 Å². The van der Waals surface area contributed by atoms with Crippen LogP contribution in [0.15, 0.2) is 0 Å². The molecule has 0 aliphatic carbocycles. The smallest absolute Gasteiger partial charge is 0.328 e. The van der Waals surface area contributed by atoms with Gasteiger partial charge in [0.2, 0.25) is 17.7 Å². The van der Waals surface area contributed by atoms with Crippen LogP contribution >= 0.6 is 12.6 Å². The van der Waals surface area contributed by atoms with Crippen LogP contribution in [0, 0.1) is 0 Å². The molecule has 8 N–H and O–H groups in total. The van der Waals surface area contributed by atoms with Gasteiger partial charge in [-0.3, -0.25) is 19.2 Å². The highest BCUT2D eigenvalue weighted by atomic mass is 32.1. The molecule has 0 radical (unpaired) electrons. The first-order valence-corrected chi connectivity index (χ1v) is 8.50. The lowest BCUT2D eigenvalue weighted by Gasteiger charge is -2.24. The molecule has 0 aliphatic rings. The van der Waals surface area contributed by atoms with Crippen LogP contribution in [0.2, 0.25) is 0 Å². The zero-order valence-electron chi connectivity index (χ0n) is 14.5. The monoisotopic (exact) mass is 408 g/mol. The number of carbonyl (C=O) groups excluding carboxylic acids is 3. The van der Waals surface area contributed by atoms with Crippen molar-refractivity contribution in [3.63, 3.8) is 0 Å². The van der Waals surface area contributed by atoms with Gasteiger partial charge >= 0.3 is 11.9 Å². The zero-order valence-corrected chi connectivity index (χ0v) is 15.4. The van der Waals surface area contributed by atoms with Gasteiger partial charge in [0.25, 0.3) is 0 Å². The molecule has 0 rings (SSSR count). The van der Waals surface area contributed by atoms with Crippen LogP contribution in [-0.4, -0.2) is 81.5 Å². The SMILES string of the molecule is CC(O)C(NC(=O)C(CS)NC(=O)C(CCC(=O)O)NC(=O)CN)C(=O)O. The van der Waals surface area contributed by atoms with E-state index in [0.29, 0.717) is 0 Å². The number of carboxylic acid groups (broad SMARTS) is 2. The molecule has 13 heteroatoms. The van der Waals surface area contributed by atoms with Crippen LogP contribution in [-0.2, 0) is 24.0 Å². The summed E-state index contributed by atoms with van der Waals surface area (Å²) in [6.45, 7) is 0.736. The lowest BCUT2D eigenvalue weighted by molar-refractivity contribution is -0.145. The molecule has 0 heterocycles. The Balaban J connectivity index is 5.10. The summed E-state index contributed by atoms with van der Waals surface area (Å²) in [6, 6.07) is -4.15. The van der Waals surface area contributed by atoms with Gasteiger partial charge in [0, 0.05) is 12.2 Å². The Kier molecular flexibility index (Phi) is 11.0. The number of hydrogen-bond acceptors (Lipinski definition) is 8. The molecule has 12 nitrogen and oxygen atoms in total. The molecule has 0 saturated carbocycles. The van der Waals surface area contributed by atoms with E-state index in [9.17, 15) is 29.1 Å². The highest BCUT2D eigenvalue weighted by Crippen LogP contribution is 2.01. The van der Waals surface area contributed by atoms with Crippen molar-refractivity contribution in [3.05, 3.63) is 0 Å². The van der Waals surface area contributed by atoms with Crippen LogP contribution in [0.4, 0.5) is 0 Å². The van der Waals surface area contributed by atoms with E-state index in [-0.39, 0.29) is 12.2 Å². The molecule has 0 fully saturated rings. The third-order valence-electron chi connectivity index (χ3n) is 3.35. The fourth-order valence-corrected chi connectivity index (χ4v) is 2.16. The van der Waals surface area contributed by atoms with E-state index in [1.807, 2.05) is 0 Å². The molecule has 0 aromatic heterocycles. The number of aliphatic hydroxyl groups excluding tert-OH is 1. The molecule has 3 amide bonds. The number of hydrogen-bond donors (Lipinski definition) is 8. The van der Waals surface area contributed by atoms with Crippen molar-refractivity contribution in [2.45, 2.75) is 44.0 Å². The average Bonchev–Trinajstić information content (AvgIpc) is 2.59. The Bertz CT molecular complexity index is 571. The number of carbonyl (C=O) groups is 5. The third-order valence-corrected chi connectivity index (χ3v) is 3.71. The molecular formula is C14H24N4O8S. The van der Waals surface area contributed by atoms with Crippen molar-refractivity contribution in [2.24, 2.45) is 5.73 Å². The minimum absolute atomic E-state index is 0.222. The molecule has 154 valence electrons. The summed E-state index contributed by atoms with van der Waals surface area (Å²) >= 11 is 3.91. The lowest BCUT2D eigenvalue weighted by Crippen LogP contribution is -2.58. The maximum Gasteiger partial charge on any atom is 0.328 e. The van der Waals surface area contributed by atoms with Gasteiger partial charge in [0.05, 0.1) is 12.6 Å². The average molecular weight is 408 g/mol. The number of rotatable bonds is 12. The number of nitrogens with one attached hydrogen (secondary N) is 3. The van der Waals surface area contributed by atoms with Crippen molar-refractivity contribution in [1.29, 1.82) is 0 Å². The van der Waals surface area contributed by atoms with Crippen LogP contribution in [0.3, 0.4) is 0 Å². The van der Waals surface area contributed by atoms with E-state index >= 15 is 0 Å². The second-order valence-electron chi connectivity index (χ2n) is 5.57. The summed E-state index contributed by atoms with van der Waals surface area (Å²) in [6.07, 6.45) is -2.07. The maximum atomic E-state index is 12.3. The summed E-state index contributed by atoms with van der Waals surface area (Å²) in [5.41, 5.74) is 5.15. The van der Waals surface area contributed by atoms with E-state index in [2.05, 4.69) is 28.6 Å². The molecule has 0 bridgehead atoms. The second-order valence-corrected chi connectivity index (χ2v) is 5.93. The molecule has 0 spiro atoms. The maximum absolute atomic E-state index is 12.3. The summed E-state index contributed by atoms with van der Waals surface area (Å²) in [7, 11) is 0. The van der Waals surface area contributed by atoms with Crippen molar-refractivity contribution in [1.82, 2.24) is 16.0 Å². The largest absolute Gasteiger partial charge is 0.481 e. The fourth-order valence-electron chi connectivity index (χ4n) is 1.90. The zero-order chi connectivity index (χ0) is 21.1. The van der Waals surface area contributed by atoms with Crippen LogP contribution in [0.25, 0.3) is 0 Å². The first kappa shape index (κ1) is 24.6. The van der Waals surface area contributed by atoms with Crippen molar-refractivity contribution >= 4 is 42.3 Å². The van der Waals surface area contributed by atoms with Gasteiger partial charge in [-0.25, -0.2) is 4.79 Å². The van der Waals surface area contributed by atoms with Gasteiger partial charge in [-0.05, 0) is 13.3 Å². The normalized spacial score (nSPS) is 15.0. The lowest BCUT2D eigenvalue weighted by atomic mass is 10.1. The van der Waals surface area contributed by atoms with E-state index in [1.54, 1.807) is 0 Å². The third kappa shape index (κ3) is 9.21. The second kappa shape index (κ2) is 12.1. The van der Waals surface area contributed by atoms with Gasteiger partial charge in [0.15, 0.2) is 6.04 Å². The molecule has 0 saturated heterocycles. The molecule has 0 aromatic carbocycles. The Labute approximate surface area is 160 Å². The quantitative estimate of drug-likeness (QED) is 0.152. The number of amides is 3. The van der Waals surface area contributed by atoms with E-state index in [0.717, 1.165) is 6.92 Å². The first-order valence-electron chi connectivity index (χ1n) is 7.87. The number of thiol groups is 1. The van der Waals surface area contributed by atoms with Gasteiger partial charge in [-0.15, -0.1) is 0 Å². The molecule has 4 atom stereocenters. The topological polar surface area (TPSA) is 208 Å². The first-order chi connectivity index (χ1) is 12.5. The standard InChI is InChI=1S/C14H24N4O8S/c1-6(19)11(14(25)26)18-13(24)8(5-27)17-12(23)7(2-3-10(21)22)16-9(20)4-15/h6-8,11,19,27H,2-5,15H2,1H3,(H,16,20)(H,17,23)(H,18,24)(H,21,22)(H,25,26). The van der Waals surface area contributed by atoms with Gasteiger partial charge in [-0.2, -0.15) is 12.6 Å².